The first-order valence-electron chi connectivity index (χ1n) is 5.95. The number of rotatable bonds is 4. The molecule has 0 unspecified atom stereocenters. The molecular formula is C14H14ClN3OS. The molecule has 0 radical (unpaired) electrons. The van der Waals surface area contributed by atoms with Crippen LogP contribution in [-0.4, -0.2) is 16.6 Å². The summed E-state index contributed by atoms with van der Waals surface area (Å²) in [6.07, 6.45) is 1.65. The van der Waals surface area contributed by atoms with E-state index in [2.05, 4.69) is 10.3 Å². The van der Waals surface area contributed by atoms with Crippen molar-refractivity contribution < 1.29 is 4.79 Å². The molecule has 20 heavy (non-hydrogen) atoms. The van der Waals surface area contributed by atoms with E-state index in [1.165, 1.54) is 11.8 Å². The summed E-state index contributed by atoms with van der Waals surface area (Å²) < 4.78 is 0. The highest BCUT2D eigenvalue weighted by Crippen LogP contribution is 2.24. The van der Waals surface area contributed by atoms with Crippen molar-refractivity contribution in [2.45, 2.75) is 11.9 Å². The van der Waals surface area contributed by atoms with Gasteiger partial charge in [0, 0.05) is 17.6 Å². The van der Waals surface area contributed by atoms with Gasteiger partial charge in [-0.05, 0) is 42.8 Å². The fourth-order valence-corrected chi connectivity index (χ4v) is 2.59. The molecule has 1 amide bonds. The van der Waals surface area contributed by atoms with Crippen molar-refractivity contribution in [2.24, 2.45) is 0 Å². The normalized spacial score (nSPS) is 10.3. The maximum atomic E-state index is 11.9. The third kappa shape index (κ3) is 3.88. The minimum absolute atomic E-state index is 0.107. The first kappa shape index (κ1) is 14.7. The van der Waals surface area contributed by atoms with E-state index in [9.17, 15) is 4.79 Å². The number of hydrogen-bond donors (Lipinski definition) is 2. The number of aryl methyl sites for hydroxylation is 1. The molecule has 2 rings (SSSR count). The van der Waals surface area contributed by atoms with E-state index in [4.69, 9.17) is 17.3 Å². The third-order valence-electron chi connectivity index (χ3n) is 2.59. The number of hydrogen-bond acceptors (Lipinski definition) is 4. The highest BCUT2D eigenvalue weighted by atomic mass is 35.5. The van der Waals surface area contributed by atoms with Crippen LogP contribution in [0.1, 0.15) is 5.56 Å². The minimum atomic E-state index is -0.107. The second-order valence-corrected chi connectivity index (χ2v) is 5.57. The molecule has 104 valence electrons. The average Bonchev–Trinajstić information content (AvgIpc) is 2.41. The lowest BCUT2D eigenvalue weighted by Crippen LogP contribution is -2.15. The molecule has 1 heterocycles. The maximum Gasteiger partial charge on any atom is 0.234 e. The van der Waals surface area contributed by atoms with Gasteiger partial charge in [0.2, 0.25) is 5.91 Å². The molecule has 0 saturated carbocycles. The van der Waals surface area contributed by atoms with Gasteiger partial charge in [-0.3, -0.25) is 4.79 Å². The van der Waals surface area contributed by atoms with E-state index in [0.717, 1.165) is 11.3 Å². The number of nitrogens with two attached hydrogens (primary N) is 1. The van der Waals surface area contributed by atoms with Gasteiger partial charge in [0.05, 0.1) is 10.8 Å². The van der Waals surface area contributed by atoms with E-state index in [1.54, 1.807) is 30.5 Å². The van der Waals surface area contributed by atoms with Crippen molar-refractivity contribution in [3.8, 4) is 0 Å². The lowest BCUT2D eigenvalue weighted by atomic mass is 10.2. The zero-order valence-corrected chi connectivity index (χ0v) is 12.5. The Bertz CT molecular complexity index is 634. The standard InChI is InChI=1S/C14H14ClN3OS/c1-9-7-10(16)4-5-12(9)18-13(19)8-20-14-11(15)3-2-6-17-14/h2-7H,8,16H2,1H3,(H,18,19). The highest BCUT2D eigenvalue weighted by molar-refractivity contribution is 8.00. The Morgan fingerprint density at radius 2 is 2.25 bits per heavy atom. The van der Waals surface area contributed by atoms with Crippen molar-refractivity contribution >= 4 is 40.6 Å². The van der Waals surface area contributed by atoms with Crippen LogP contribution in [0, 0.1) is 6.92 Å². The van der Waals surface area contributed by atoms with Gasteiger partial charge in [-0.15, -0.1) is 0 Å². The van der Waals surface area contributed by atoms with Crippen LogP contribution in [0.25, 0.3) is 0 Å². The fourth-order valence-electron chi connectivity index (χ4n) is 1.62. The van der Waals surface area contributed by atoms with E-state index >= 15 is 0 Å². The second-order valence-electron chi connectivity index (χ2n) is 4.20. The summed E-state index contributed by atoms with van der Waals surface area (Å²) in [6.45, 7) is 1.90. The van der Waals surface area contributed by atoms with Crippen LogP contribution >= 0.6 is 23.4 Å². The molecule has 6 heteroatoms. The number of anilines is 2. The third-order valence-corrected chi connectivity index (χ3v) is 4.01. The number of carbonyl (C=O) groups is 1. The van der Waals surface area contributed by atoms with Crippen LogP contribution in [0.5, 0.6) is 0 Å². The average molecular weight is 308 g/mol. The van der Waals surface area contributed by atoms with E-state index in [1.807, 2.05) is 13.0 Å². The number of aromatic nitrogens is 1. The SMILES string of the molecule is Cc1cc(N)ccc1NC(=O)CSc1ncccc1Cl. The van der Waals surface area contributed by atoms with Gasteiger partial charge in [0.25, 0.3) is 0 Å². The summed E-state index contributed by atoms with van der Waals surface area (Å²) in [5, 5.41) is 4.04. The number of pyridine rings is 1. The smallest absolute Gasteiger partial charge is 0.234 e. The monoisotopic (exact) mass is 307 g/mol. The summed E-state index contributed by atoms with van der Waals surface area (Å²) in [4.78, 5) is 16.0. The summed E-state index contributed by atoms with van der Waals surface area (Å²) in [7, 11) is 0. The molecule has 0 aliphatic rings. The van der Waals surface area contributed by atoms with Gasteiger partial charge >= 0.3 is 0 Å². The molecule has 0 atom stereocenters. The van der Waals surface area contributed by atoms with Gasteiger partial charge in [-0.1, -0.05) is 23.4 Å². The molecule has 0 aliphatic carbocycles. The molecule has 0 fully saturated rings. The molecule has 0 saturated heterocycles. The molecule has 1 aromatic heterocycles. The van der Waals surface area contributed by atoms with E-state index in [0.29, 0.717) is 15.7 Å². The van der Waals surface area contributed by atoms with Crippen LogP contribution in [0.15, 0.2) is 41.6 Å². The largest absolute Gasteiger partial charge is 0.399 e. The van der Waals surface area contributed by atoms with Crippen LogP contribution in [0.4, 0.5) is 11.4 Å². The molecule has 4 nitrogen and oxygen atoms in total. The van der Waals surface area contributed by atoms with Crippen molar-refractivity contribution in [1.29, 1.82) is 0 Å². The number of carbonyl (C=O) groups excluding carboxylic acids is 1. The molecular weight excluding hydrogens is 294 g/mol. The Kier molecular flexibility index (Phi) is 4.87. The van der Waals surface area contributed by atoms with Gasteiger partial charge in [-0.25, -0.2) is 4.98 Å². The maximum absolute atomic E-state index is 11.9. The number of thioether (sulfide) groups is 1. The Hall–Kier alpha value is -1.72. The highest BCUT2D eigenvalue weighted by Gasteiger charge is 2.08. The molecule has 0 aliphatic heterocycles. The Morgan fingerprint density at radius 3 is 2.95 bits per heavy atom. The van der Waals surface area contributed by atoms with E-state index < -0.39 is 0 Å². The summed E-state index contributed by atoms with van der Waals surface area (Å²) in [6, 6.07) is 8.87. The van der Waals surface area contributed by atoms with Crippen LogP contribution in [0.2, 0.25) is 5.02 Å². The first-order valence-corrected chi connectivity index (χ1v) is 7.32. The van der Waals surface area contributed by atoms with Gasteiger partial charge < -0.3 is 11.1 Å². The Balaban J connectivity index is 1.94. The first-order chi connectivity index (χ1) is 9.56. The van der Waals surface area contributed by atoms with Crippen molar-refractivity contribution in [1.82, 2.24) is 4.98 Å². The number of nitrogen functional groups attached to an aromatic ring is 1. The summed E-state index contributed by atoms with van der Waals surface area (Å²) >= 11 is 7.29. The van der Waals surface area contributed by atoms with Gasteiger partial charge in [-0.2, -0.15) is 0 Å². The van der Waals surface area contributed by atoms with E-state index in [-0.39, 0.29) is 11.7 Å². The van der Waals surface area contributed by atoms with Crippen molar-refractivity contribution in [2.75, 3.05) is 16.8 Å². The van der Waals surface area contributed by atoms with Crippen LogP contribution < -0.4 is 11.1 Å². The number of nitrogens with zero attached hydrogens (tertiary/aromatic N) is 1. The zero-order valence-electron chi connectivity index (χ0n) is 10.9. The van der Waals surface area contributed by atoms with Crippen LogP contribution in [-0.2, 0) is 4.79 Å². The molecule has 1 aromatic carbocycles. The molecule has 0 bridgehead atoms. The Labute approximate surface area is 126 Å². The topological polar surface area (TPSA) is 68.0 Å². The quantitative estimate of drug-likeness (QED) is 0.671. The summed E-state index contributed by atoms with van der Waals surface area (Å²) in [5.74, 6) is 0.144. The van der Waals surface area contributed by atoms with Crippen molar-refractivity contribution in [3.05, 3.63) is 47.1 Å². The fraction of sp³-hybridized carbons (Fsp3) is 0.143. The Morgan fingerprint density at radius 1 is 1.45 bits per heavy atom. The second kappa shape index (κ2) is 6.63. The van der Waals surface area contributed by atoms with Crippen molar-refractivity contribution in [3.63, 3.8) is 0 Å². The number of halogens is 1. The molecule has 3 N–H and O–H groups in total. The lowest BCUT2D eigenvalue weighted by molar-refractivity contribution is -0.113. The lowest BCUT2D eigenvalue weighted by Gasteiger charge is -2.09. The van der Waals surface area contributed by atoms with Gasteiger partial charge in [0.1, 0.15) is 5.03 Å². The number of benzene rings is 1. The van der Waals surface area contributed by atoms with Gasteiger partial charge in [0.15, 0.2) is 0 Å². The number of nitrogens with one attached hydrogen (secondary N) is 1. The van der Waals surface area contributed by atoms with Crippen LogP contribution in [0.3, 0.4) is 0 Å². The zero-order chi connectivity index (χ0) is 14.5. The molecule has 0 spiro atoms. The predicted octanol–water partition coefficient (Wildman–Crippen LogP) is 3.36. The molecule has 2 aromatic rings. The number of amides is 1. The predicted molar refractivity (Wildman–Crippen MR) is 84.2 cm³/mol. The minimum Gasteiger partial charge on any atom is -0.399 e. The summed E-state index contributed by atoms with van der Waals surface area (Å²) in [5.41, 5.74) is 8.04.